The molecule has 1 aromatic rings. The molecule has 1 rings (SSSR count). The van der Waals surface area contributed by atoms with E-state index in [2.05, 4.69) is 11.9 Å². The lowest BCUT2D eigenvalue weighted by Gasteiger charge is -1.92. The van der Waals surface area contributed by atoms with Gasteiger partial charge in [-0.2, -0.15) is 0 Å². The summed E-state index contributed by atoms with van der Waals surface area (Å²) in [6.45, 7) is 3.65. The Balaban J connectivity index is 2.88. The first kappa shape index (κ1) is 6.23. The van der Waals surface area contributed by atoms with Gasteiger partial charge in [-0.15, -0.1) is 0 Å². The molecule has 0 aliphatic rings. The van der Waals surface area contributed by atoms with Crippen molar-refractivity contribution in [2.45, 2.75) is 6.61 Å². The molecule has 0 saturated carbocycles. The van der Waals surface area contributed by atoms with Crippen molar-refractivity contribution >= 4 is 0 Å². The Bertz CT molecular complexity index is 181. The van der Waals surface area contributed by atoms with Crippen molar-refractivity contribution < 1.29 is 5.11 Å². The number of nitrogens with zero attached hydrogens (tertiary/aromatic N) is 1. The summed E-state index contributed by atoms with van der Waals surface area (Å²) in [7, 11) is 0. The van der Waals surface area contributed by atoms with Crippen molar-refractivity contribution in [2.75, 3.05) is 0 Å². The van der Waals surface area contributed by atoms with Crippen LogP contribution in [0.1, 0.15) is 11.3 Å². The Hall–Kier alpha value is -0.890. The maximum Gasteiger partial charge on any atom is 0.0852 e. The Morgan fingerprint density at radius 2 is 2.33 bits per heavy atom. The van der Waals surface area contributed by atoms with Crippen molar-refractivity contribution in [2.24, 2.45) is 0 Å². The van der Waals surface area contributed by atoms with Gasteiger partial charge in [-0.25, -0.2) is 0 Å². The fourth-order valence-corrected chi connectivity index (χ4v) is 0.549. The highest BCUT2D eigenvalue weighted by Gasteiger charge is 1.87. The van der Waals surface area contributed by atoms with Crippen LogP contribution in [0.2, 0.25) is 0 Å². The molecular formula is C7H8NO. The van der Waals surface area contributed by atoms with Crippen LogP contribution in [0, 0.1) is 6.92 Å². The van der Waals surface area contributed by atoms with Gasteiger partial charge in [-0.05, 0) is 18.6 Å². The monoisotopic (exact) mass is 122 g/mol. The van der Waals surface area contributed by atoms with Gasteiger partial charge in [0, 0.05) is 6.20 Å². The summed E-state index contributed by atoms with van der Waals surface area (Å²) >= 11 is 0. The van der Waals surface area contributed by atoms with Crippen molar-refractivity contribution in [1.29, 1.82) is 0 Å². The predicted octanol–water partition coefficient (Wildman–Crippen LogP) is 0.756. The van der Waals surface area contributed by atoms with Crippen molar-refractivity contribution in [1.82, 2.24) is 4.98 Å². The van der Waals surface area contributed by atoms with Crippen LogP contribution in [-0.4, -0.2) is 10.1 Å². The van der Waals surface area contributed by atoms with Gasteiger partial charge < -0.3 is 5.11 Å². The summed E-state index contributed by atoms with van der Waals surface area (Å²) in [6.07, 6.45) is 1.63. The van der Waals surface area contributed by atoms with E-state index in [-0.39, 0.29) is 6.61 Å². The van der Waals surface area contributed by atoms with E-state index < -0.39 is 0 Å². The summed E-state index contributed by atoms with van der Waals surface area (Å²) < 4.78 is 0. The second kappa shape index (κ2) is 2.60. The van der Waals surface area contributed by atoms with Crippen molar-refractivity contribution in [3.05, 3.63) is 36.5 Å². The molecule has 0 spiro atoms. The molecule has 0 unspecified atom stereocenters. The van der Waals surface area contributed by atoms with E-state index in [1.54, 1.807) is 12.3 Å². The maximum absolute atomic E-state index is 8.55. The van der Waals surface area contributed by atoms with Gasteiger partial charge in [0.15, 0.2) is 0 Å². The second-order valence-corrected chi connectivity index (χ2v) is 1.82. The fourth-order valence-electron chi connectivity index (χ4n) is 0.549. The quantitative estimate of drug-likeness (QED) is 0.596. The number of hydrogen-bond acceptors (Lipinski definition) is 2. The van der Waals surface area contributed by atoms with Crippen LogP contribution in [0.3, 0.4) is 0 Å². The summed E-state index contributed by atoms with van der Waals surface area (Å²) in [5, 5.41) is 8.55. The van der Waals surface area contributed by atoms with Gasteiger partial charge in [-0.3, -0.25) is 4.98 Å². The van der Waals surface area contributed by atoms with Crippen LogP contribution in [0.15, 0.2) is 18.3 Å². The molecular weight excluding hydrogens is 114 g/mol. The van der Waals surface area contributed by atoms with E-state index in [0.717, 1.165) is 5.56 Å². The first-order valence-electron chi connectivity index (χ1n) is 2.70. The summed E-state index contributed by atoms with van der Waals surface area (Å²) in [6, 6.07) is 3.57. The molecule has 0 fully saturated rings. The molecule has 1 N–H and O–H groups in total. The van der Waals surface area contributed by atoms with Gasteiger partial charge >= 0.3 is 0 Å². The Morgan fingerprint density at radius 1 is 1.56 bits per heavy atom. The average molecular weight is 122 g/mol. The van der Waals surface area contributed by atoms with Crippen LogP contribution in [0.5, 0.6) is 0 Å². The van der Waals surface area contributed by atoms with Crippen LogP contribution in [0.25, 0.3) is 0 Å². The third-order valence-electron chi connectivity index (χ3n) is 1.05. The number of hydrogen-bond donors (Lipinski definition) is 1. The molecule has 0 aliphatic carbocycles. The fraction of sp³-hybridized carbons (Fsp3) is 0.143. The number of aliphatic hydroxyl groups is 1. The first-order valence-corrected chi connectivity index (χ1v) is 2.70. The summed E-state index contributed by atoms with van der Waals surface area (Å²) in [4.78, 5) is 3.88. The normalized spacial score (nSPS) is 9.56. The molecule has 0 amide bonds. The molecule has 0 saturated heterocycles. The highest BCUT2D eigenvalue weighted by atomic mass is 16.3. The van der Waals surface area contributed by atoms with E-state index in [4.69, 9.17) is 5.11 Å². The third-order valence-corrected chi connectivity index (χ3v) is 1.05. The van der Waals surface area contributed by atoms with Crippen LogP contribution in [-0.2, 0) is 6.61 Å². The largest absolute Gasteiger partial charge is 0.390 e. The van der Waals surface area contributed by atoms with Crippen molar-refractivity contribution in [3.8, 4) is 0 Å². The minimum Gasteiger partial charge on any atom is -0.390 e. The number of aliphatic hydroxyl groups excluding tert-OH is 1. The number of pyridine rings is 1. The standard InChI is InChI=1S/C7H8NO/c1-6-2-3-7(5-9)8-4-6/h2-4,9H,1,5H2. The molecule has 0 aliphatic heterocycles. The Kier molecular flexibility index (Phi) is 1.80. The minimum atomic E-state index is 0.000278. The molecule has 0 atom stereocenters. The van der Waals surface area contributed by atoms with Crippen LogP contribution < -0.4 is 0 Å². The second-order valence-electron chi connectivity index (χ2n) is 1.82. The lowest BCUT2D eigenvalue weighted by molar-refractivity contribution is 0.277. The maximum atomic E-state index is 8.55. The topological polar surface area (TPSA) is 33.1 Å². The SMILES string of the molecule is [CH2]c1ccc(CO)nc1. The van der Waals surface area contributed by atoms with Gasteiger partial charge in [0.25, 0.3) is 0 Å². The minimum absolute atomic E-state index is 0.000278. The van der Waals surface area contributed by atoms with E-state index in [9.17, 15) is 0 Å². The molecule has 1 radical (unpaired) electrons. The highest BCUT2D eigenvalue weighted by Crippen LogP contribution is 1.96. The molecule has 9 heavy (non-hydrogen) atoms. The highest BCUT2D eigenvalue weighted by molar-refractivity contribution is 5.15. The molecule has 2 nitrogen and oxygen atoms in total. The van der Waals surface area contributed by atoms with E-state index in [1.807, 2.05) is 6.07 Å². The molecule has 0 bridgehead atoms. The molecule has 0 aromatic carbocycles. The van der Waals surface area contributed by atoms with E-state index in [1.165, 1.54) is 0 Å². The molecule has 47 valence electrons. The van der Waals surface area contributed by atoms with Crippen LogP contribution in [0.4, 0.5) is 0 Å². The number of rotatable bonds is 1. The third kappa shape index (κ3) is 1.50. The number of aromatic nitrogens is 1. The molecule has 2 heteroatoms. The van der Waals surface area contributed by atoms with E-state index >= 15 is 0 Å². The zero-order chi connectivity index (χ0) is 6.69. The van der Waals surface area contributed by atoms with Gasteiger partial charge in [0.05, 0.1) is 12.3 Å². The first-order chi connectivity index (χ1) is 4.33. The molecule has 1 aromatic heterocycles. The molecule has 1 heterocycles. The lowest BCUT2D eigenvalue weighted by Crippen LogP contribution is -1.87. The Morgan fingerprint density at radius 3 is 2.78 bits per heavy atom. The summed E-state index contributed by atoms with van der Waals surface area (Å²) in [5.41, 5.74) is 1.55. The predicted molar refractivity (Wildman–Crippen MR) is 34.6 cm³/mol. The zero-order valence-electron chi connectivity index (χ0n) is 5.04. The Labute approximate surface area is 54.2 Å². The van der Waals surface area contributed by atoms with Gasteiger partial charge in [0.2, 0.25) is 0 Å². The van der Waals surface area contributed by atoms with Crippen LogP contribution >= 0.6 is 0 Å². The van der Waals surface area contributed by atoms with Gasteiger partial charge in [0.1, 0.15) is 0 Å². The van der Waals surface area contributed by atoms with Gasteiger partial charge in [-0.1, -0.05) is 6.07 Å². The van der Waals surface area contributed by atoms with E-state index in [0.29, 0.717) is 5.69 Å². The summed E-state index contributed by atoms with van der Waals surface area (Å²) in [5.74, 6) is 0. The average Bonchev–Trinajstić information content (AvgIpc) is 1.90. The lowest BCUT2D eigenvalue weighted by atomic mass is 10.3. The smallest absolute Gasteiger partial charge is 0.0852 e. The zero-order valence-corrected chi connectivity index (χ0v) is 5.04. The van der Waals surface area contributed by atoms with Crippen molar-refractivity contribution in [3.63, 3.8) is 0 Å².